The van der Waals surface area contributed by atoms with Crippen molar-refractivity contribution in [3.63, 3.8) is 0 Å². The van der Waals surface area contributed by atoms with Crippen molar-refractivity contribution in [1.82, 2.24) is 10.2 Å². The molecule has 0 atom stereocenters. The molecule has 1 amide bonds. The van der Waals surface area contributed by atoms with Crippen LogP contribution in [-0.2, 0) is 14.2 Å². The summed E-state index contributed by atoms with van der Waals surface area (Å²) in [6.45, 7) is 11.0. The quantitative estimate of drug-likeness (QED) is 0.370. The SMILES string of the molecule is CCCCOC(=O)N(C)C(=S)SC(C)(C)c1ccc(C(C)(C)SC(=S)NC)cc1. The van der Waals surface area contributed by atoms with Crippen LogP contribution >= 0.6 is 48.0 Å². The van der Waals surface area contributed by atoms with E-state index in [0.717, 1.165) is 22.7 Å². The number of nitrogens with zero attached hydrogens (tertiary/aromatic N) is 1. The maximum atomic E-state index is 12.1. The molecule has 0 aliphatic heterocycles. The van der Waals surface area contributed by atoms with E-state index in [9.17, 15) is 4.79 Å². The van der Waals surface area contributed by atoms with Crippen LogP contribution in [0.5, 0.6) is 0 Å². The molecule has 0 heterocycles. The second-order valence-corrected chi connectivity index (χ2v) is 12.2. The van der Waals surface area contributed by atoms with Gasteiger partial charge >= 0.3 is 6.09 Å². The minimum atomic E-state index is -0.402. The Labute approximate surface area is 194 Å². The summed E-state index contributed by atoms with van der Waals surface area (Å²) in [5.41, 5.74) is 2.34. The maximum absolute atomic E-state index is 12.1. The lowest BCUT2D eigenvalue weighted by molar-refractivity contribution is 0.127. The first-order valence-corrected chi connectivity index (χ1v) is 12.0. The van der Waals surface area contributed by atoms with Crippen molar-refractivity contribution in [3.8, 4) is 0 Å². The lowest BCUT2D eigenvalue weighted by Gasteiger charge is -2.29. The number of benzene rings is 1. The molecule has 0 aliphatic rings. The Balaban J connectivity index is 2.83. The maximum Gasteiger partial charge on any atom is 0.415 e. The number of hydrogen-bond acceptors (Lipinski definition) is 6. The normalized spacial score (nSPS) is 11.7. The second-order valence-electron chi connectivity index (χ2n) is 7.63. The van der Waals surface area contributed by atoms with Crippen LogP contribution in [0.25, 0.3) is 0 Å². The van der Waals surface area contributed by atoms with E-state index in [-0.39, 0.29) is 9.49 Å². The van der Waals surface area contributed by atoms with E-state index < -0.39 is 6.09 Å². The van der Waals surface area contributed by atoms with Gasteiger partial charge in [-0.3, -0.25) is 4.90 Å². The standard InChI is InChI=1S/C21H32N2O2S4/c1-8-9-14-25-18(24)23(7)19(27)29-21(4,5)16-12-10-15(11-13-16)20(2,3)28-17(26)22-6/h10-13H,8-9,14H2,1-7H3,(H,22,26). The molecular weight excluding hydrogens is 441 g/mol. The summed E-state index contributed by atoms with van der Waals surface area (Å²) in [4.78, 5) is 13.5. The van der Waals surface area contributed by atoms with Gasteiger partial charge in [0.05, 0.1) is 6.61 Å². The number of unbranched alkanes of at least 4 members (excludes halogenated alkanes) is 1. The van der Waals surface area contributed by atoms with Crippen LogP contribution in [0.4, 0.5) is 4.79 Å². The fourth-order valence-electron chi connectivity index (χ4n) is 2.44. The van der Waals surface area contributed by atoms with Crippen molar-refractivity contribution in [2.45, 2.75) is 57.0 Å². The Hall–Kier alpha value is -0.830. The van der Waals surface area contributed by atoms with Gasteiger partial charge in [0.15, 0.2) is 0 Å². The Morgan fingerprint density at radius 2 is 1.55 bits per heavy atom. The topological polar surface area (TPSA) is 41.6 Å². The summed E-state index contributed by atoms with van der Waals surface area (Å²) < 4.78 is 6.10. The molecule has 0 saturated carbocycles. The van der Waals surface area contributed by atoms with E-state index in [4.69, 9.17) is 29.2 Å². The molecule has 0 unspecified atom stereocenters. The van der Waals surface area contributed by atoms with E-state index in [0.29, 0.717) is 10.9 Å². The molecule has 0 radical (unpaired) electrons. The predicted octanol–water partition coefficient (Wildman–Crippen LogP) is 6.28. The molecule has 162 valence electrons. The Morgan fingerprint density at radius 1 is 1.07 bits per heavy atom. The average molecular weight is 473 g/mol. The van der Waals surface area contributed by atoms with Crippen molar-refractivity contribution in [1.29, 1.82) is 0 Å². The molecule has 0 bridgehead atoms. The summed E-state index contributed by atoms with van der Waals surface area (Å²) in [6.07, 6.45) is 1.43. The first kappa shape index (κ1) is 26.2. The molecule has 0 aliphatic carbocycles. The zero-order valence-corrected chi connectivity index (χ0v) is 21.6. The van der Waals surface area contributed by atoms with Crippen molar-refractivity contribution < 1.29 is 9.53 Å². The molecular formula is C21H32N2O2S4. The zero-order chi connectivity index (χ0) is 22.2. The number of rotatable bonds is 7. The summed E-state index contributed by atoms with van der Waals surface area (Å²) in [6, 6.07) is 8.51. The van der Waals surface area contributed by atoms with E-state index in [1.165, 1.54) is 22.2 Å². The number of ether oxygens (including phenoxy) is 1. The van der Waals surface area contributed by atoms with Crippen LogP contribution in [-0.4, -0.2) is 40.3 Å². The molecule has 0 fully saturated rings. The summed E-state index contributed by atoms with van der Waals surface area (Å²) in [7, 11) is 3.50. The van der Waals surface area contributed by atoms with Gasteiger partial charge in [-0.25, -0.2) is 4.79 Å². The molecule has 0 aromatic heterocycles. The highest BCUT2D eigenvalue weighted by Crippen LogP contribution is 2.40. The van der Waals surface area contributed by atoms with Crippen LogP contribution in [0.1, 0.15) is 58.6 Å². The highest BCUT2D eigenvalue weighted by atomic mass is 32.2. The zero-order valence-electron chi connectivity index (χ0n) is 18.3. The summed E-state index contributed by atoms with van der Waals surface area (Å²) >= 11 is 13.9. The van der Waals surface area contributed by atoms with Gasteiger partial charge in [0.2, 0.25) is 0 Å². The predicted molar refractivity (Wildman–Crippen MR) is 136 cm³/mol. The van der Waals surface area contributed by atoms with E-state index in [1.807, 2.05) is 7.05 Å². The Bertz CT molecular complexity index is 718. The van der Waals surface area contributed by atoms with Crippen molar-refractivity contribution >= 4 is 62.7 Å². The van der Waals surface area contributed by atoms with Crippen LogP contribution in [0.3, 0.4) is 0 Å². The number of nitrogens with one attached hydrogen (secondary N) is 1. The summed E-state index contributed by atoms with van der Waals surface area (Å²) in [5.74, 6) is 0. The number of carbonyl (C=O) groups is 1. The second kappa shape index (κ2) is 11.5. The number of amides is 1. The van der Waals surface area contributed by atoms with Crippen LogP contribution in [0.15, 0.2) is 24.3 Å². The molecule has 1 N–H and O–H groups in total. The van der Waals surface area contributed by atoms with Gasteiger partial charge in [-0.05, 0) is 45.2 Å². The van der Waals surface area contributed by atoms with Crippen molar-refractivity contribution in [2.75, 3.05) is 20.7 Å². The van der Waals surface area contributed by atoms with E-state index >= 15 is 0 Å². The molecule has 1 aromatic rings. The van der Waals surface area contributed by atoms with Gasteiger partial charge in [0.1, 0.15) is 8.64 Å². The highest BCUT2D eigenvalue weighted by molar-refractivity contribution is 8.23. The van der Waals surface area contributed by atoms with Gasteiger partial charge in [-0.2, -0.15) is 0 Å². The minimum Gasteiger partial charge on any atom is -0.449 e. The average Bonchev–Trinajstić information content (AvgIpc) is 2.66. The fourth-order valence-corrected chi connectivity index (χ4v) is 5.48. The number of hydrogen-bond donors (Lipinski definition) is 1. The lowest BCUT2D eigenvalue weighted by atomic mass is 9.96. The van der Waals surface area contributed by atoms with Gasteiger partial charge in [-0.1, -0.05) is 85.6 Å². The molecule has 0 spiro atoms. The largest absolute Gasteiger partial charge is 0.449 e. The number of carbonyl (C=O) groups excluding carboxylic acids is 1. The van der Waals surface area contributed by atoms with Gasteiger partial charge in [0.25, 0.3) is 0 Å². The molecule has 1 rings (SSSR count). The molecule has 4 nitrogen and oxygen atoms in total. The third kappa shape index (κ3) is 8.07. The fraction of sp³-hybridized carbons (Fsp3) is 0.571. The number of thiocarbonyl (C=S) groups is 2. The van der Waals surface area contributed by atoms with Gasteiger partial charge in [-0.15, -0.1) is 0 Å². The third-order valence-corrected chi connectivity index (χ3v) is 7.75. The summed E-state index contributed by atoms with van der Waals surface area (Å²) in [5, 5.41) is 3.02. The Kier molecular flexibility index (Phi) is 10.4. The van der Waals surface area contributed by atoms with E-state index in [1.54, 1.807) is 18.8 Å². The first-order valence-electron chi connectivity index (χ1n) is 9.59. The van der Waals surface area contributed by atoms with Crippen LogP contribution in [0, 0.1) is 0 Å². The molecule has 0 saturated heterocycles. The minimum absolute atomic E-state index is 0.131. The number of thioether (sulfide) groups is 2. The first-order chi connectivity index (χ1) is 13.4. The molecule has 8 heteroatoms. The molecule has 1 aromatic carbocycles. The van der Waals surface area contributed by atoms with Crippen molar-refractivity contribution in [2.24, 2.45) is 0 Å². The third-order valence-electron chi connectivity index (χ3n) is 4.44. The van der Waals surface area contributed by atoms with E-state index in [2.05, 4.69) is 64.2 Å². The lowest BCUT2D eigenvalue weighted by Crippen LogP contribution is -2.33. The van der Waals surface area contributed by atoms with Crippen LogP contribution < -0.4 is 5.32 Å². The van der Waals surface area contributed by atoms with Gasteiger partial charge < -0.3 is 10.1 Å². The van der Waals surface area contributed by atoms with Crippen molar-refractivity contribution in [3.05, 3.63) is 35.4 Å². The monoisotopic (exact) mass is 472 g/mol. The van der Waals surface area contributed by atoms with Crippen LogP contribution in [0.2, 0.25) is 0 Å². The molecule has 29 heavy (non-hydrogen) atoms. The Morgan fingerprint density at radius 3 is 2.00 bits per heavy atom. The highest BCUT2D eigenvalue weighted by Gasteiger charge is 2.28. The smallest absolute Gasteiger partial charge is 0.415 e. The van der Waals surface area contributed by atoms with Gasteiger partial charge in [0, 0.05) is 23.6 Å².